The van der Waals surface area contributed by atoms with Gasteiger partial charge in [0.2, 0.25) is 5.16 Å². The van der Waals surface area contributed by atoms with Crippen LogP contribution >= 0.6 is 46.0 Å². The molecular weight excluding hydrogens is 382 g/mol. The Kier molecular flexibility index (Phi) is 4.61. The normalized spacial score (nSPS) is 11.0. The predicted molar refractivity (Wildman–Crippen MR) is 99.2 cm³/mol. The minimum absolute atomic E-state index is 0.652. The summed E-state index contributed by atoms with van der Waals surface area (Å²) >= 11 is 10.9. The van der Waals surface area contributed by atoms with E-state index in [-0.39, 0.29) is 0 Å². The van der Waals surface area contributed by atoms with Crippen LogP contribution in [0.4, 0.5) is 0 Å². The Labute approximate surface area is 155 Å². The Balaban J connectivity index is 1.50. The van der Waals surface area contributed by atoms with E-state index >= 15 is 0 Å². The Hall–Kier alpha value is -1.74. The molecule has 24 heavy (non-hydrogen) atoms. The highest BCUT2D eigenvalue weighted by atomic mass is 35.5. The number of rotatable bonds is 5. The number of thioether (sulfide) groups is 1. The van der Waals surface area contributed by atoms with Crippen LogP contribution in [0.25, 0.3) is 16.3 Å². The molecular formula is C15H10ClN5S3. The van der Waals surface area contributed by atoms with E-state index in [4.69, 9.17) is 11.6 Å². The number of thiazole rings is 1. The molecule has 5 nitrogen and oxygen atoms in total. The second-order valence-corrected chi connectivity index (χ2v) is 7.81. The van der Waals surface area contributed by atoms with Crippen molar-refractivity contribution < 1.29 is 0 Å². The van der Waals surface area contributed by atoms with Gasteiger partial charge in [0.15, 0.2) is 0 Å². The van der Waals surface area contributed by atoms with Gasteiger partial charge in [0.25, 0.3) is 0 Å². The van der Waals surface area contributed by atoms with Crippen LogP contribution < -0.4 is 0 Å². The molecule has 0 aliphatic heterocycles. The molecule has 0 unspecified atom stereocenters. The second kappa shape index (κ2) is 7.02. The fourth-order valence-electron chi connectivity index (χ4n) is 2.07. The van der Waals surface area contributed by atoms with E-state index in [1.54, 1.807) is 39.1 Å². The van der Waals surface area contributed by atoms with Gasteiger partial charge in [0, 0.05) is 27.1 Å². The van der Waals surface area contributed by atoms with E-state index in [1.165, 1.54) is 5.56 Å². The third-order valence-electron chi connectivity index (χ3n) is 3.16. The molecule has 0 bridgehead atoms. The van der Waals surface area contributed by atoms with Crippen LogP contribution in [0.15, 0.2) is 51.6 Å². The largest absolute Gasteiger partial charge is 0.240 e. The Morgan fingerprint density at radius 2 is 2.17 bits per heavy atom. The number of hydrogen-bond acceptors (Lipinski definition) is 7. The van der Waals surface area contributed by atoms with Gasteiger partial charge >= 0.3 is 0 Å². The van der Waals surface area contributed by atoms with Gasteiger partial charge in [0.1, 0.15) is 5.01 Å². The summed E-state index contributed by atoms with van der Waals surface area (Å²) in [5.74, 6) is 0.710. The average Bonchev–Trinajstić information content (AvgIpc) is 3.33. The number of tetrazole rings is 1. The Bertz CT molecular complexity index is 948. The van der Waals surface area contributed by atoms with Crippen molar-refractivity contribution in [2.45, 2.75) is 10.9 Å². The summed E-state index contributed by atoms with van der Waals surface area (Å²) in [6.07, 6.45) is 0. The van der Waals surface area contributed by atoms with Crippen molar-refractivity contribution in [3.05, 3.63) is 57.2 Å². The zero-order valence-corrected chi connectivity index (χ0v) is 15.4. The second-order valence-electron chi connectivity index (χ2n) is 4.80. The first-order valence-corrected chi connectivity index (χ1v) is 10.1. The zero-order chi connectivity index (χ0) is 16.4. The molecule has 0 radical (unpaired) electrons. The van der Waals surface area contributed by atoms with Crippen molar-refractivity contribution in [3.63, 3.8) is 0 Å². The van der Waals surface area contributed by atoms with Crippen molar-refractivity contribution in [3.8, 4) is 16.3 Å². The highest BCUT2D eigenvalue weighted by Gasteiger charge is 2.11. The standard InChI is InChI=1S/C15H10ClN5S3/c16-11-2-1-3-13(6-11)21-15(18-19-20-21)24-9-12-8-23-14(17-12)10-4-5-22-7-10/h1-8H,9H2. The maximum Gasteiger partial charge on any atom is 0.214 e. The number of nitrogens with zero attached hydrogens (tertiary/aromatic N) is 5. The maximum atomic E-state index is 6.04. The summed E-state index contributed by atoms with van der Waals surface area (Å²) < 4.78 is 1.68. The van der Waals surface area contributed by atoms with Crippen LogP contribution in [0.3, 0.4) is 0 Å². The lowest BCUT2D eigenvalue weighted by Crippen LogP contribution is -1.99. The van der Waals surface area contributed by atoms with Gasteiger partial charge in [0.05, 0.1) is 11.4 Å². The third kappa shape index (κ3) is 3.36. The highest BCUT2D eigenvalue weighted by Crippen LogP contribution is 2.29. The summed E-state index contributed by atoms with van der Waals surface area (Å²) in [7, 11) is 0. The molecule has 3 aromatic heterocycles. The summed E-state index contributed by atoms with van der Waals surface area (Å²) in [6.45, 7) is 0. The molecule has 0 saturated carbocycles. The lowest BCUT2D eigenvalue weighted by atomic mass is 10.3. The van der Waals surface area contributed by atoms with Crippen LogP contribution in [0.1, 0.15) is 5.69 Å². The van der Waals surface area contributed by atoms with Gasteiger partial charge in [-0.05, 0) is 40.1 Å². The Morgan fingerprint density at radius 1 is 1.21 bits per heavy atom. The molecule has 120 valence electrons. The molecule has 0 fully saturated rings. The van der Waals surface area contributed by atoms with Gasteiger partial charge in [-0.25, -0.2) is 4.98 Å². The molecule has 4 rings (SSSR count). The molecule has 0 amide bonds. The van der Waals surface area contributed by atoms with Crippen molar-refractivity contribution in [2.75, 3.05) is 0 Å². The van der Waals surface area contributed by atoms with Gasteiger partial charge < -0.3 is 0 Å². The fraction of sp³-hybridized carbons (Fsp3) is 0.0667. The van der Waals surface area contributed by atoms with Crippen LogP contribution in [0.2, 0.25) is 5.02 Å². The van der Waals surface area contributed by atoms with Crippen LogP contribution in [-0.4, -0.2) is 25.2 Å². The number of aromatic nitrogens is 5. The third-order valence-corrected chi connectivity index (χ3v) is 5.97. The zero-order valence-electron chi connectivity index (χ0n) is 12.2. The number of thiophene rings is 1. The summed E-state index contributed by atoms with van der Waals surface area (Å²) in [4.78, 5) is 4.67. The first-order valence-electron chi connectivity index (χ1n) is 6.94. The molecule has 0 atom stereocenters. The van der Waals surface area contributed by atoms with Gasteiger partial charge in [-0.2, -0.15) is 16.0 Å². The molecule has 0 aliphatic carbocycles. The van der Waals surface area contributed by atoms with Crippen LogP contribution in [0.5, 0.6) is 0 Å². The number of hydrogen-bond donors (Lipinski definition) is 0. The van der Waals surface area contributed by atoms with Gasteiger partial charge in [-0.15, -0.1) is 16.4 Å². The summed E-state index contributed by atoms with van der Waals surface area (Å²) in [5.41, 5.74) is 3.03. The van der Waals surface area contributed by atoms with Gasteiger partial charge in [-0.3, -0.25) is 0 Å². The van der Waals surface area contributed by atoms with E-state index < -0.39 is 0 Å². The monoisotopic (exact) mass is 391 g/mol. The van der Waals surface area contributed by atoms with Crippen molar-refractivity contribution in [2.24, 2.45) is 0 Å². The molecule has 0 saturated heterocycles. The molecule has 9 heteroatoms. The highest BCUT2D eigenvalue weighted by molar-refractivity contribution is 7.98. The summed E-state index contributed by atoms with van der Waals surface area (Å²) in [5, 5.41) is 20.6. The van der Waals surface area contributed by atoms with Crippen LogP contribution in [0, 0.1) is 0 Å². The molecule has 0 spiro atoms. The quantitative estimate of drug-likeness (QED) is 0.457. The van der Waals surface area contributed by atoms with Crippen LogP contribution in [-0.2, 0) is 5.75 Å². The van der Waals surface area contributed by atoms with E-state index in [1.807, 2.05) is 24.3 Å². The lowest BCUT2D eigenvalue weighted by Gasteiger charge is -2.03. The first-order chi connectivity index (χ1) is 11.8. The minimum atomic E-state index is 0.652. The smallest absolute Gasteiger partial charge is 0.214 e. The number of benzene rings is 1. The molecule has 4 aromatic rings. The maximum absolute atomic E-state index is 6.04. The van der Waals surface area contributed by atoms with Crippen molar-refractivity contribution in [1.29, 1.82) is 0 Å². The molecule has 0 N–H and O–H groups in total. The summed E-state index contributed by atoms with van der Waals surface area (Å²) in [6, 6.07) is 9.54. The van der Waals surface area contributed by atoms with Crippen molar-refractivity contribution >= 4 is 46.0 Å². The lowest BCUT2D eigenvalue weighted by molar-refractivity contribution is 0.756. The van der Waals surface area contributed by atoms with E-state index in [2.05, 4.69) is 42.7 Å². The Morgan fingerprint density at radius 3 is 3.00 bits per heavy atom. The SMILES string of the molecule is Clc1cccc(-n2nnnc2SCc2csc(-c3ccsc3)n2)c1. The van der Waals surface area contributed by atoms with E-state index in [0.717, 1.165) is 16.4 Å². The first kappa shape index (κ1) is 15.8. The fourth-order valence-corrected chi connectivity index (χ4v) is 4.67. The molecule has 0 aliphatic rings. The van der Waals surface area contributed by atoms with E-state index in [0.29, 0.717) is 15.9 Å². The minimum Gasteiger partial charge on any atom is -0.240 e. The predicted octanol–water partition coefficient (Wildman–Crippen LogP) is 4.79. The average molecular weight is 392 g/mol. The van der Waals surface area contributed by atoms with Crippen molar-refractivity contribution in [1.82, 2.24) is 25.2 Å². The molecule has 1 aromatic carbocycles. The topological polar surface area (TPSA) is 56.5 Å². The van der Waals surface area contributed by atoms with Gasteiger partial charge in [-0.1, -0.05) is 29.4 Å². The van der Waals surface area contributed by atoms with E-state index in [9.17, 15) is 0 Å². The molecule has 3 heterocycles. The number of halogens is 1.